The van der Waals surface area contributed by atoms with E-state index in [0.29, 0.717) is 19.5 Å². The highest BCUT2D eigenvalue weighted by atomic mass is 16.5. The number of carbonyl (C=O) groups is 1. The number of nitrogens with one attached hydrogen (secondary N) is 1. The van der Waals surface area contributed by atoms with Crippen LogP contribution in [0.3, 0.4) is 0 Å². The third-order valence-corrected chi connectivity index (χ3v) is 4.00. The Balaban J connectivity index is 1.73. The quantitative estimate of drug-likeness (QED) is 0.750. The lowest BCUT2D eigenvalue weighted by Crippen LogP contribution is -2.44. The molecule has 2 rings (SSSR count). The number of aliphatic hydroxyl groups is 1. The second-order valence-electron chi connectivity index (χ2n) is 5.32. The van der Waals surface area contributed by atoms with Crippen LogP contribution in [0.5, 0.6) is 0 Å². The summed E-state index contributed by atoms with van der Waals surface area (Å²) in [7, 11) is 1.78. The second kappa shape index (κ2) is 6.50. The lowest BCUT2D eigenvalue weighted by Gasteiger charge is -2.28. The number of β-amino-alcohol motifs (C(OH)–C–C–N with tert-alkyl or cyclic N) is 1. The van der Waals surface area contributed by atoms with Gasteiger partial charge in [0.15, 0.2) is 0 Å². The zero-order valence-corrected chi connectivity index (χ0v) is 11.1. The summed E-state index contributed by atoms with van der Waals surface area (Å²) < 4.78 is 5.62. The van der Waals surface area contributed by atoms with Gasteiger partial charge < -0.3 is 20.1 Å². The van der Waals surface area contributed by atoms with Crippen LogP contribution in [0.25, 0.3) is 0 Å². The predicted octanol–water partition coefficient (Wildman–Crippen LogP) is 0.127. The number of hydrogen-bond acceptors (Lipinski definition) is 4. The molecule has 0 aromatic heterocycles. The van der Waals surface area contributed by atoms with Gasteiger partial charge in [-0.2, -0.15) is 0 Å². The maximum atomic E-state index is 12.0. The largest absolute Gasteiger partial charge is 0.390 e. The van der Waals surface area contributed by atoms with Crippen molar-refractivity contribution in [2.24, 2.45) is 0 Å². The van der Waals surface area contributed by atoms with Crippen LogP contribution in [0, 0.1) is 0 Å². The van der Waals surface area contributed by atoms with Crippen LogP contribution in [0.1, 0.15) is 32.1 Å². The molecule has 1 unspecified atom stereocenters. The van der Waals surface area contributed by atoms with Gasteiger partial charge in [0.2, 0.25) is 5.91 Å². The number of likely N-dealkylation sites (N-methyl/N-ethyl adjacent to an activating group) is 1. The lowest BCUT2D eigenvalue weighted by molar-refractivity contribution is -0.134. The Bertz CT molecular complexity index is 279. The van der Waals surface area contributed by atoms with Crippen LogP contribution in [0.15, 0.2) is 0 Å². The Kier molecular flexibility index (Phi) is 4.97. The van der Waals surface area contributed by atoms with Gasteiger partial charge in [0.25, 0.3) is 0 Å². The molecule has 2 fully saturated rings. The van der Waals surface area contributed by atoms with Crippen molar-refractivity contribution >= 4 is 5.91 Å². The van der Waals surface area contributed by atoms with E-state index in [2.05, 4.69) is 5.32 Å². The fourth-order valence-corrected chi connectivity index (χ4v) is 2.73. The van der Waals surface area contributed by atoms with E-state index in [1.54, 1.807) is 11.9 Å². The molecule has 0 aliphatic carbocycles. The average Bonchev–Trinajstić information content (AvgIpc) is 2.82. The van der Waals surface area contributed by atoms with Gasteiger partial charge in [-0.3, -0.25) is 4.79 Å². The van der Waals surface area contributed by atoms with E-state index in [1.165, 1.54) is 6.42 Å². The number of ether oxygens (including phenoxy) is 1. The predicted molar refractivity (Wildman–Crippen MR) is 68.3 cm³/mol. The van der Waals surface area contributed by atoms with Gasteiger partial charge in [-0.25, -0.2) is 0 Å². The van der Waals surface area contributed by atoms with Gasteiger partial charge in [-0.05, 0) is 25.7 Å². The van der Waals surface area contributed by atoms with Crippen molar-refractivity contribution in [2.75, 3.05) is 26.7 Å². The van der Waals surface area contributed by atoms with Gasteiger partial charge in [0, 0.05) is 33.2 Å². The minimum Gasteiger partial charge on any atom is -0.390 e. The Morgan fingerprint density at radius 1 is 1.44 bits per heavy atom. The maximum Gasteiger partial charge on any atom is 0.222 e. The normalized spacial score (nSPS) is 32.4. The molecule has 2 N–H and O–H groups in total. The van der Waals surface area contributed by atoms with Crippen LogP contribution < -0.4 is 5.32 Å². The SMILES string of the molecule is CN(C(=O)CCC1CCCCO1)[C@H]1CNC[C@@H]1O. The number of aliphatic hydroxyl groups excluding tert-OH is 1. The first-order chi connectivity index (χ1) is 8.68. The molecule has 18 heavy (non-hydrogen) atoms. The summed E-state index contributed by atoms with van der Waals surface area (Å²) in [6.07, 6.45) is 4.56. The van der Waals surface area contributed by atoms with E-state index in [-0.39, 0.29) is 18.1 Å². The van der Waals surface area contributed by atoms with Gasteiger partial charge in [-0.1, -0.05) is 0 Å². The third-order valence-electron chi connectivity index (χ3n) is 4.00. The van der Waals surface area contributed by atoms with Crippen molar-refractivity contribution in [2.45, 2.75) is 50.4 Å². The van der Waals surface area contributed by atoms with E-state index in [4.69, 9.17) is 4.74 Å². The zero-order chi connectivity index (χ0) is 13.0. The molecule has 1 amide bonds. The second-order valence-corrected chi connectivity index (χ2v) is 5.32. The van der Waals surface area contributed by atoms with Crippen LogP contribution in [0.2, 0.25) is 0 Å². The number of carbonyl (C=O) groups excluding carboxylic acids is 1. The van der Waals surface area contributed by atoms with Gasteiger partial charge in [0.05, 0.1) is 18.2 Å². The highest BCUT2D eigenvalue weighted by molar-refractivity contribution is 5.76. The molecule has 0 radical (unpaired) electrons. The summed E-state index contributed by atoms with van der Waals surface area (Å²) in [5.41, 5.74) is 0. The third kappa shape index (κ3) is 3.43. The number of rotatable bonds is 4. The fourth-order valence-electron chi connectivity index (χ4n) is 2.73. The minimum absolute atomic E-state index is 0.0789. The molecule has 2 aliphatic rings. The van der Waals surface area contributed by atoms with E-state index >= 15 is 0 Å². The molecule has 2 aliphatic heterocycles. The first-order valence-corrected chi connectivity index (χ1v) is 6.94. The van der Waals surface area contributed by atoms with Crippen molar-refractivity contribution in [3.63, 3.8) is 0 Å². The number of amides is 1. The molecular formula is C13H24N2O3. The van der Waals surface area contributed by atoms with Crippen molar-refractivity contribution < 1.29 is 14.6 Å². The van der Waals surface area contributed by atoms with E-state index in [9.17, 15) is 9.90 Å². The molecule has 2 heterocycles. The fraction of sp³-hybridized carbons (Fsp3) is 0.923. The minimum atomic E-state index is -0.440. The van der Waals surface area contributed by atoms with Crippen LogP contribution >= 0.6 is 0 Å². The van der Waals surface area contributed by atoms with Crippen LogP contribution in [-0.4, -0.2) is 60.9 Å². The Labute approximate surface area is 108 Å². The van der Waals surface area contributed by atoms with Gasteiger partial charge >= 0.3 is 0 Å². The molecule has 5 nitrogen and oxygen atoms in total. The van der Waals surface area contributed by atoms with Gasteiger partial charge in [0.1, 0.15) is 0 Å². The molecular weight excluding hydrogens is 232 g/mol. The first-order valence-electron chi connectivity index (χ1n) is 6.94. The topological polar surface area (TPSA) is 61.8 Å². The molecule has 2 saturated heterocycles. The van der Waals surface area contributed by atoms with Crippen molar-refractivity contribution in [1.82, 2.24) is 10.2 Å². The molecule has 0 aromatic carbocycles. The highest BCUT2D eigenvalue weighted by Crippen LogP contribution is 2.18. The summed E-state index contributed by atoms with van der Waals surface area (Å²) in [6, 6.07) is -0.0789. The number of hydrogen-bond donors (Lipinski definition) is 2. The highest BCUT2D eigenvalue weighted by Gasteiger charge is 2.31. The average molecular weight is 256 g/mol. The Hall–Kier alpha value is -0.650. The summed E-state index contributed by atoms with van der Waals surface area (Å²) in [5, 5.41) is 12.8. The van der Waals surface area contributed by atoms with Crippen molar-refractivity contribution in [1.29, 1.82) is 0 Å². The standard InChI is InChI=1S/C13H24N2O3/c1-15(11-8-14-9-12(11)16)13(17)6-5-10-4-2-3-7-18-10/h10-12,14,16H,2-9H2,1H3/t10?,11-,12-/m0/s1. The molecule has 104 valence electrons. The molecule has 0 spiro atoms. The Morgan fingerprint density at radius 3 is 2.89 bits per heavy atom. The molecule has 3 atom stereocenters. The van der Waals surface area contributed by atoms with Crippen molar-refractivity contribution in [3.05, 3.63) is 0 Å². The van der Waals surface area contributed by atoms with Gasteiger partial charge in [-0.15, -0.1) is 0 Å². The first kappa shape index (κ1) is 13.8. The monoisotopic (exact) mass is 256 g/mol. The van der Waals surface area contributed by atoms with Crippen LogP contribution in [0.4, 0.5) is 0 Å². The van der Waals surface area contributed by atoms with E-state index < -0.39 is 6.10 Å². The molecule has 0 bridgehead atoms. The maximum absolute atomic E-state index is 12.0. The molecule has 0 saturated carbocycles. The molecule has 5 heteroatoms. The zero-order valence-electron chi connectivity index (χ0n) is 11.1. The van der Waals surface area contributed by atoms with E-state index in [0.717, 1.165) is 25.9 Å². The summed E-state index contributed by atoms with van der Waals surface area (Å²) in [6.45, 7) is 2.09. The smallest absolute Gasteiger partial charge is 0.222 e. The lowest BCUT2D eigenvalue weighted by atomic mass is 10.0. The van der Waals surface area contributed by atoms with Crippen LogP contribution in [-0.2, 0) is 9.53 Å². The number of nitrogens with zero attached hydrogens (tertiary/aromatic N) is 1. The summed E-state index contributed by atoms with van der Waals surface area (Å²) in [4.78, 5) is 13.7. The van der Waals surface area contributed by atoms with E-state index in [1.807, 2.05) is 0 Å². The molecule has 0 aromatic rings. The van der Waals surface area contributed by atoms with Crippen molar-refractivity contribution in [3.8, 4) is 0 Å². The summed E-state index contributed by atoms with van der Waals surface area (Å²) in [5.74, 6) is 0.108. The Morgan fingerprint density at radius 2 is 2.28 bits per heavy atom. The summed E-state index contributed by atoms with van der Waals surface area (Å²) >= 11 is 0.